The van der Waals surface area contributed by atoms with Crippen LogP contribution in [0.4, 0.5) is 0 Å². The number of Topliss-reactive ketones (excluding diaryl/α,β-unsaturated/α-hetero) is 1. The van der Waals surface area contributed by atoms with Crippen LogP contribution < -0.4 is 9.47 Å². The third kappa shape index (κ3) is 7.41. The molecule has 1 unspecified atom stereocenters. The molecule has 1 atom stereocenters. The van der Waals surface area contributed by atoms with Crippen LogP contribution in [0.3, 0.4) is 0 Å². The van der Waals surface area contributed by atoms with Crippen LogP contribution >= 0.6 is 0 Å². The Morgan fingerprint density at radius 2 is 1.72 bits per heavy atom. The summed E-state index contributed by atoms with van der Waals surface area (Å²) in [7, 11) is 2.86. The lowest BCUT2D eigenvalue weighted by molar-refractivity contribution is -0.146. The molecule has 0 saturated heterocycles. The van der Waals surface area contributed by atoms with Crippen molar-refractivity contribution in [3.05, 3.63) is 59.7 Å². The van der Waals surface area contributed by atoms with Crippen molar-refractivity contribution in [3.8, 4) is 11.5 Å². The SMILES string of the molecule is COC(=O)C(C)CN(Cc1ccccc1)C(=O)CCCOc1ccc(C(C)=O)cc1OC. The van der Waals surface area contributed by atoms with Gasteiger partial charge in [-0.05, 0) is 37.1 Å². The predicted octanol–water partition coefficient (Wildman–Crippen LogP) is 3.89. The maximum atomic E-state index is 12.9. The van der Waals surface area contributed by atoms with E-state index >= 15 is 0 Å². The highest BCUT2D eigenvalue weighted by molar-refractivity contribution is 5.94. The van der Waals surface area contributed by atoms with Crippen molar-refractivity contribution >= 4 is 17.7 Å². The van der Waals surface area contributed by atoms with E-state index in [1.54, 1.807) is 30.0 Å². The van der Waals surface area contributed by atoms with Crippen molar-refractivity contribution in [1.82, 2.24) is 4.90 Å². The highest BCUT2D eigenvalue weighted by Gasteiger charge is 2.21. The zero-order valence-corrected chi connectivity index (χ0v) is 19.1. The van der Waals surface area contributed by atoms with Crippen LogP contribution in [0.5, 0.6) is 11.5 Å². The Labute approximate surface area is 189 Å². The second kappa shape index (κ2) is 12.5. The Bertz CT molecular complexity index is 912. The Kier molecular flexibility index (Phi) is 9.73. The van der Waals surface area contributed by atoms with E-state index in [-0.39, 0.29) is 30.6 Å². The van der Waals surface area contributed by atoms with Gasteiger partial charge in [-0.2, -0.15) is 0 Å². The second-order valence-corrected chi connectivity index (χ2v) is 7.56. The Hall–Kier alpha value is -3.35. The fraction of sp³-hybridized carbons (Fsp3) is 0.400. The Balaban J connectivity index is 1.95. The molecule has 2 aromatic rings. The maximum absolute atomic E-state index is 12.9. The lowest BCUT2D eigenvalue weighted by Gasteiger charge is -2.25. The summed E-state index contributed by atoms with van der Waals surface area (Å²) in [4.78, 5) is 38.0. The summed E-state index contributed by atoms with van der Waals surface area (Å²) in [6.45, 7) is 4.25. The van der Waals surface area contributed by atoms with Gasteiger partial charge in [-0.1, -0.05) is 37.3 Å². The van der Waals surface area contributed by atoms with Crippen LogP contribution in [0.15, 0.2) is 48.5 Å². The lowest BCUT2D eigenvalue weighted by atomic mass is 10.1. The molecule has 0 aliphatic heterocycles. The molecule has 0 N–H and O–H groups in total. The molecular weight excluding hydrogens is 410 g/mol. The molecular formula is C25H31NO6. The van der Waals surface area contributed by atoms with Crippen LogP contribution in [-0.4, -0.2) is 49.9 Å². The van der Waals surface area contributed by atoms with Gasteiger partial charge in [-0.15, -0.1) is 0 Å². The molecule has 0 radical (unpaired) electrons. The number of hydrogen-bond donors (Lipinski definition) is 0. The zero-order valence-electron chi connectivity index (χ0n) is 19.1. The summed E-state index contributed by atoms with van der Waals surface area (Å²) in [5.41, 5.74) is 1.53. The van der Waals surface area contributed by atoms with E-state index in [4.69, 9.17) is 14.2 Å². The molecule has 0 fully saturated rings. The molecule has 0 bridgehead atoms. The molecule has 0 saturated carbocycles. The molecule has 0 aliphatic rings. The molecule has 2 rings (SSSR count). The number of rotatable bonds is 12. The van der Waals surface area contributed by atoms with Gasteiger partial charge < -0.3 is 19.1 Å². The lowest BCUT2D eigenvalue weighted by Crippen LogP contribution is -2.36. The van der Waals surface area contributed by atoms with E-state index in [0.29, 0.717) is 36.6 Å². The van der Waals surface area contributed by atoms with Gasteiger partial charge in [-0.25, -0.2) is 0 Å². The van der Waals surface area contributed by atoms with Crippen molar-refractivity contribution in [2.75, 3.05) is 27.4 Å². The third-order valence-corrected chi connectivity index (χ3v) is 5.03. The van der Waals surface area contributed by atoms with Crippen molar-refractivity contribution in [2.45, 2.75) is 33.2 Å². The summed E-state index contributed by atoms with van der Waals surface area (Å²) < 4.78 is 15.9. The number of amides is 1. The van der Waals surface area contributed by atoms with E-state index in [9.17, 15) is 14.4 Å². The summed E-state index contributed by atoms with van der Waals surface area (Å²) in [5.74, 6) is 0.104. The topological polar surface area (TPSA) is 82.1 Å². The number of carbonyl (C=O) groups excluding carboxylic acids is 3. The van der Waals surface area contributed by atoms with Gasteiger partial charge in [0, 0.05) is 25.1 Å². The Morgan fingerprint density at radius 1 is 1.00 bits per heavy atom. The predicted molar refractivity (Wildman–Crippen MR) is 121 cm³/mol. The smallest absolute Gasteiger partial charge is 0.310 e. The van der Waals surface area contributed by atoms with Gasteiger partial charge in [0.2, 0.25) is 5.91 Å². The summed E-state index contributed by atoms with van der Waals surface area (Å²) in [5, 5.41) is 0. The van der Waals surface area contributed by atoms with Gasteiger partial charge in [0.05, 0.1) is 26.7 Å². The van der Waals surface area contributed by atoms with E-state index in [0.717, 1.165) is 5.56 Å². The first kappa shape index (κ1) is 24.9. The largest absolute Gasteiger partial charge is 0.493 e. The molecule has 172 valence electrons. The summed E-state index contributed by atoms with van der Waals surface area (Å²) in [6.07, 6.45) is 0.767. The summed E-state index contributed by atoms with van der Waals surface area (Å²) >= 11 is 0. The van der Waals surface area contributed by atoms with Gasteiger partial charge in [0.15, 0.2) is 17.3 Å². The number of carbonyl (C=O) groups is 3. The Morgan fingerprint density at radius 3 is 2.34 bits per heavy atom. The van der Waals surface area contributed by atoms with Crippen LogP contribution in [0.25, 0.3) is 0 Å². The minimum atomic E-state index is -0.423. The zero-order chi connectivity index (χ0) is 23.5. The number of hydrogen-bond acceptors (Lipinski definition) is 6. The average Bonchev–Trinajstić information content (AvgIpc) is 2.81. The average molecular weight is 442 g/mol. The van der Waals surface area contributed by atoms with Gasteiger partial charge in [-0.3, -0.25) is 14.4 Å². The number of benzene rings is 2. The number of ketones is 1. The van der Waals surface area contributed by atoms with Gasteiger partial charge in [0.25, 0.3) is 0 Å². The minimum absolute atomic E-state index is 0.0554. The maximum Gasteiger partial charge on any atom is 0.310 e. The van der Waals surface area contributed by atoms with E-state index < -0.39 is 5.92 Å². The van der Waals surface area contributed by atoms with E-state index in [1.165, 1.54) is 21.1 Å². The van der Waals surface area contributed by atoms with Crippen molar-refractivity contribution in [2.24, 2.45) is 5.92 Å². The van der Waals surface area contributed by atoms with Crippen LogP contribution in [0.1, 0.15) is 42.6 Å². The number of methoxy groups -OCH3 is 2. The molecule has 0 aromatic heterocycles. The van der Waals surface area contributed by atoms with Crippen molar-refractivity contribution in [3.63, 3.8) is 0 Å². The number of ether oxygens (including phenoxy) is 3. The van der Waals surface area contributed by atoms with E-state index in [1.807, 2.05) is 30.3 Å². The molecule has 0 heterocycles. The first-order valence-corrected chi connectivity index (χ1v) is 10.6. The minimum Gasteiger partial charge on any atom is -0.493 e. The normalized spacial score (nSPS) is 11.4. The molecule has 0 aliphatic carbocycles. The third-order valence-electron chi connectivity index (χ3n) is 5.03. The van der Waals surface area contributed by atoms with Crippen molar-refractivity contribution in [1.29, 1.82) is 0 Å². The molecule has 7 heteroatoms. The van der Waals surface area contributed by atoms with Crippen molar-refractivity contribution < 1.29 is 28.6 Å². The molecule has 2 aromatic carbocycles. The monoisotopic (exact) mass is 441 g/mol. The molecule has 1 amide bonds. The van der Waals surface area contributed by atoms with E-state index in [2.05, 4.69) is 0 Å². The highest BCUT2D eigenvalue weighted by Crippen LogP contribution is 2.28. The van der Waals surface area contributed by atoms with Crippen LogP contribution in [0, 0.1) is 5.92 Å². The van der Waals surface area contributed by atoms with Gasteiger partial charge >= 0.3 is 5.97 Å². The molecule has 32 heavy (non-hydrogen) atoms. The second-order valence-electron chi connectivity index (χ2n) is 7.56. The number of nitrogens with zero attached hydrogens (tertiary/aromatic N) is 1. The van der Waals surface area contributed by atoms with Crippen LogP contribution in [0.2, 0.25) is 0 Å². The van der Waals surface area contributed by atoms with Gasteiger partial charge in [0.1, 0.15) is 0 Å². The first-order chi connectivity index (χ1) is 15.3. The number of esters is 1. The molecule has 7 nitrogen and oxygen atoms in total. The first-order valence-electron chi connectivity index (χ1n) is 10.6. The highest BCUT2D eigenvalue weighted by atomic mass is 16.5. The fourth-order valence-corrected chi connectivity index (χ4v) is 3.23. The van der Waals surface area contributed by atoms with Crippen LogP contribution in [-0.2, 0) is 20.9 Å². The molecule has 0 spiro atoms. The standard InChI is InChI=1S/C25H31NO6/c1-18(25(29)31-4)16-26(17-20-9-6-5-7-10-20)24(28)11-8-14-32-22-13-12-21(19(2)27)15-23(22)30-3/h5-7,9-10,12-13,15,18H,8,11,14,16-17H2,1-4H3. The quantitative estimate of drug-likeness (QED) is 0.282. The fourth-order valence-electron chi connectivity index (χ4n) is 3.23. The summed E-state index contributed by atoms with van der Waals surface area (Å²) in [6, 6.07) is 14.7.